The zero-order chi connectivity index (χ0) is 17.2. The molecule has 2 heterocycles. The quantitative estimate of drug-likeness (QED) is 0.443. The lowest BCUT2D eigenvalue weighted by Gasteiger charge is -2.37. The number of hydrogen-bond donors (Lipinski definition) is 1. The molecular weight excluding hydrogens is 318 g/mol. The molecule has 0 aromatic carbocycles. The Morgan fingerprint density at radius 2 is 1.96 bits per heavy atom. The third-order valence-electron chi connectivity index (χ3n) is 4.69. The molecule has 0 amide bonds. The normalized spacial score (nSPS) is 16.1. The van der Waals surface area contributed by atoms with Gasteiger partial charge in [0, 0.05) is 39.8 Å². The molecule has 0 atom stereocenters. The number of nitrogens with one attached hydrogen (secondary N) is 1. The van der Waals surface area contributed by atoms with E-state index in [-0.39, 0.29) is 0 Å². The molecule has 1 N–H and O–H groups in total. The number of aliphatic imine (C=N–C) groups is 1. The number of guanidine groups is 1. The summed E-state index contributed by atoms with van der Waals surface area (Å²) in [4.78, 5) is 11.8. The van der Waals surface area contributed by atoms with Crippen LogP contribution >= 0.6 is 11.3 Å². The van der Waals surface area contributed by atoms with E-state index >= 15 is 0 Å². The van der Waals surface area contributed by atoms with Crippen molar-refractivity contribution in [1.82, 2.24) is 15.1 Å². The zero-order valence-electron chi connectivity index (χ0n) is 15.5. The maximum Gasteiger partial charge on any atom is 0.193 e. The van der Waals surface area contributed by atoms with Crippen LogP contribution in [0.3, 0.4) is 0 Å². The number of hydrogen-bond acceptors (Lipinski definition) is 4. The first-order valence-corrected chi connectivity index (χ1v) is 10.1. The molecule has 0 radical (unpaired) electrons. The highest BCUT2D eigenvalue weighted by molar-refractivity contribution is 7.14. The standard InChI is InChI=1S/C18H33N5S/c1-4-21(5-2)11-7-6-10-20-18(19-3)23-14-12-22(13-15-23)17-9-8-16-24-17/h8-9,16H,4-7,10-15H2,1-3H3,(H,19,20). The average molecular weight is 352 g/mol. The Morgan fingerprint density at radius 3 is 2.54 bits per heavy atom. The fourth-order valence-corrected chi connectivity index (χ4v) is 3.91. The molecule has 0 aliphatic carbocycles. The van der Waals surface area contributed by atoms with Crippen molar-refractivity contribution in [2.24, 2.45) is 4.99 Å². The van der Waals surface area contributed by atoms with E-state index in [0.29, 0.717) is 0 Å². The molecule has 1 aliphatic heterocycles. The maximum absolute atomic E-state index is 4.47. The molecule has 1 aliphatic rings. The summed E-state index contributed by atoms with van der Waals surface area (Å²) in [5.41, 5.74) is 0. The SMILES string of the molecule is CCN(CC)CCCCNC(=NC)N1CCN(c2cccs2)CC1. The van der Waals surface area contributed by atoms with E-state index in [1.807, 2.05) is 18.4 Å². The van der Waals surface area contributed by atoms with Crippen molar-refractivity contribution in [3.05, 3.63) is 17.5 Å². The monoisotopic (exact) mass is 351 g/mol. The number of rotatable bonds is 8. The summed E-state index contributed by atoms with van der Waals surface area (Å²) in [5.74, 6) is 1.06. The van der Waals surface area contributed by atoms with Crippen molar-refractivity contribution >= 4 is 22.3 Å². The van der Waals surface area contributed by atoms with Gasteiger partial charge in [-0.15, -0.1) is 11.3 Å². The number of piperazine rings is 1. The predicted octanol–water partition coefficient (Wildman–Crippen LogP) is 2.57. The minimum atomic E-state index is 1.01. The average Bonchev–Trinajstić information content (AvgIpc) is 3.16. The van der Waals surface area contributed by atoms with Crippen molar-refractivity contribution in [3.63, 3.8) is 0 Å². The van der Waals surface area contributed by atoms with Crippen LogP contribution in [0.2, 0.25) is 0 Å². The lowest BCUT2D eigenvalue weighted by Crippen LogP contribution is -2.52. The van der Waals surface area contributed by atoms with Crippen LogP contribution in [0.4, 0.5) is 5.00 Å². The fourth-order valence-electron chi connectivity index (χ4n) is 3.12. The molecule has 5 nitrogen and oxygen atoms in total. The van der Waals surface area contributed by atoms with E-state index in [0.717, 1.165) is 51.8 Å². The molecule has 1 aromatic heterocycles. The van der Waals surface area contributed by atoms with Crippen LogP contribution in [0, 0.1) is 0 Å². The van der Waals surface area contributed by atoms with Gasteiger partial charge in [-0.3, -0.25) is 4.99 Å². The smallest absolute Gasteiger partial charge is 0.193 e. The third-order valence-corrected chi connectivity index (χ3v) is 5.62. The highest BCUT2D eigenvalue weighted by Crippen LogP contribution is 2.22. The van der Waals surface area contributed by atoms with Crippen LogP contribution in [0.15, 0.2) is 22.5 Å². The van der Waals surface area contributed by atoms with Crippen LogP contribution < -0.4 is 10.2 Å². The van der Waals surface area contributed by atoms with E-state index < -0.39 is 0 Å². The number of unbranched alkanes of at least 4 members (excludes halogenated alkanes) is 1. The number of anilines is 1. The highest BCUT2D eigenvalue weighted by atomic mass is 32.1. The van der Waals surface area contributed by atoms with Crippen LogP contribution in [0.1, 0.15) is 26.7 Å². The van der Waals surface area contributed by atoms with Crippen LogP contribution in [0.5, 0.6) is 0 Å². The van der Waals surface area contributed by atoms with Gasteiger partial charge in [-0.25, -0.2) is 0 Å². The molecule has 2 rings (SSSR count). The Morgan fingerprint density at radius 1 is 1.21 bits per heavy atom. The van der Waals surface area contributed by atoms with E-state index in [2.05, 4.69) is 56.4 Å². The van der Waals surface area contributed by atoms with Crippen molar-refractivity contribution in [2.75, 3.05) is 64.3 Å². The van der Waals surface area contributed by atoms with Crippen LogP contribution in [0.25, 0.3) is 0 Å². The van der Waals surface area contributed by atoms with Gasteiger partial charge in [-0.2, -0.15) is 0 Å². The largest absolute Gasteiger partial charge is 0.360 e. The van der Waals surface area contributed by atoms with Crippen molar-refractivity contribution in [3.8, 4) is 0 Å². The summed E-state index contributed by atoms with van der Waals surface area (Å²) in [7, 11) is 1.89. The Labute approximate surface area is 151 Å². The van der Waals surface area contributed by atoms with Gasteiger partial charge in [-0.1, -0.05) is 13.8 Å². The van der Waals surface area contributed by atoms with Crippen molar-refractivity contribution in [2.45, 2.75) is 26.7 Å². The van der Waals surface area contributed by atoms with E-state index in [4.69, 9.17) is 0 Å². The summed E-state index contributed by atoms with van der Waals surface area (Å²) in [5, 5.41) is 7.08. The Hall–Kier alpha value is -1.27. The topological polar surface area (TPSA) is 34.1 Å². The molecule has 0 unspecified atom stereocenters. The summed E-state index contributed by atoms with van der Waals surface area (Å²) < 4.78 is 0. The highest BCUT2D eigenvalue weighted by Gasteiger charge is 2.19. The van der Waals surface area contributed by atoms with Crippen LogP contribution in [-0.4, -0.2) is 75.2 Å². The van der Waals surface area contributed by atoms with Gasteiger partial charge in [0.25, 0.3) is 0 Å². The first kappa shape index (κ1) is 19.1. The van der Waals surface area contributed by atoms with Crippen molar-refractivity contribution < 1.29 is 0 Å². The Balaban J connectivity index is 1.65. The summed E-state index contributed by atoms with van der Waals surface area (Å²) in [6, 6.07) is 4.34. The van der Waals surface area contributed by atoms with Crippen molar-refractivity contribution in [1.29, 1.82) is 0 Å². The van der Waals surface area contributed by atoms with Gasteiger partial charge >= 0.3 is 0 Å². The minimum absolute atomic E-state index is 1.01. The maximum atomic E-state index is 4.47. The van der Waals surface area contributed by atoms with E-state index in [1.54, 1.807) is 0 Å². The molecule has 6 heteroatoms. The van der Waals surface area contributed by atoms with Gasteiger partial charge in [-0.05, 0) is 50.0 Å². The zero-order valence-corrected chi connectivity index (χ0v) is 16.3. The van der Waals surface area contributed by atoms with Gasteiger partial charge in [0.1, 0.15) is 0 Å². The third kappa shape index (κ3) is 5.67. The number of thiophene rings is 1. The first-order valence-electron chi connectivity index (χ1n) is 9.24. The van der Waals surface area contributed by atoms with Gasteiger partial charge in [0.2, 0.25) is 0 Å². The fraction of sp³-hybridized carbons (Fsp3) is 0.722. The van der Waals surface area contributed by atoms with Gasteiger partial charge in [0.05, 0.1) is 5.00 Å². The second-order valence-electron chi connectivity index (χ2n) is 6.13. The predicted molar refractivity (Wildman–Crippen MR) is 106 cm³/mol. The summed E-state index contributed by atoms with van der Waals surface area (Å²) >= 11 is 1.83. The molecule has 1 fully saturated rings. The first-order chi connectivity index (χ1) is 11.8. The summed E-state index contributed by atoms with van der Waals surface area (Å²) in [6.07, 6.45) is 2.45. The molecule has 0 saturated carbocycles. The van der Waals surface area contributed by atoms with E-state index in [1.165, 1.54) is 24.4 Å². The number of nitrogens with zero attached hydrogens (tertiary/aromatic N) is 4. The van der Waals surface area contributed by atoms with Crippen LogP contribution in [-0.2, 0) is 0 Å². The minimum Gasteiger partial charge on any atom is -0.360 e. The molecular formula is C18H33N5S. The molecule has 0 bridgehead atoms. The molecule has 24 heavy (non-hydrogen) atoms. The molecule has 1 aromatic rings. The second-order valence-corrected chi connectivity index (χ2v) is 7.06. The van der Waals surface area contributed by atoms with Gasteiger partial charge in [0.15, 0.2) is 5.96 Å². The molecule has 0 spiro atoms. The molecule has 136 valence electrons. The Kier molecular flexibility index (Phi) is 8.39. The van der Waals surface area contributed by atoms with E-state index in [9.17, 15) is 0 Å². The second kappa shape index (κ2) is 10.6. The summed E-state index contributed by atoms with van der Waals surface area (Å²) in [6.45, 7) is 13.2. The lowest BCUT2D eigenvalue weighted by atomic mass is 10.3. The Bertz CT molecular complexity index is 462. The lowest BCUT2D eigenvalue weighted by molar-refractivity contribution is 0.296. The molecule has 1 saturated heterocycles. The van der Waals surface area contributed by atoms with Gasteiger partial charge < -0.3 is 20.0 Å².